The van der Waals surface area contributed by atoms with Crippen LogP contribution >= 0.6 is 11.6 Å². The molecule has 0 spiro atoms. The quantitative estimate of drug-likeness (QED) is 0.750. The molecule has 0 radical (unpaired) electrons. The van der Waals surface area contributed by atoms with E-state index < -0.39 is 0 Å². The molecule has 3 rings (SSSR count). The number of halogens is 1. The Morgan fingerprint density at radius 1 is 1.35 bits per heavy atom. The van der Waals surface area contributed by atoms with Crippen molar-refractivity contribution in [3.63, 3.8) is 0 Å². The average molecular weight is 331 g/mol. The zero-order valence-corrected chi connectivity index (χ0v) is 13.2. The summed E-state index contributed by atoms with van der Waals surface area (Å²) >= 11 is 6.03. The number of nitrogens with zero attached hydrogens (tertiary/aromatic N) is 2. The van der Waals surface area contributed by atoms with Crippen molar-refractivity contribution in [2.24, 2.45) is 7.05 Å². The second-order valence-electron chi connectivity index (χ2n) is 4.93. The van der Waals surface area contributed by atoms with Gasteiger partial charge in [-0.05, 0) is 30.3 Å². The lowest BCUT2D eigenvalue weighted by Crippen LogP contribution is -2.13. The van der Waals surface area contributed by atoms with E-state index in [2.05, 4.69) is 15.6 Å². The minimum atomic E-state index is -0.336. The number of furan rings is 1. The second-order valence-corrected chi connectivity index (χ2v) is 5.37. The van der Waals surface area contributed by atoms with Gasteiger partial charge in [0.1, 0.15) is 5.82 Å². The molecule has 2 heterocycles. The van der Waals surface area contributed by atoms with Crippen molar-refractivity contribution in [3.8, 4) is 0 Å². The third-order valence-electron chi connectivity index (χ3n) is 3.33. The third-order valence-corrected chi connectivity index (χ3v) is 3.57. The number of aryl methyl sites for hydroxylation is 1. The van der Waals surface area contributed by atoms with E-state index in [0.717, 1.165) is 11.5 Å². The van der Waals surface area contributed by atoms with Crippen LogP contribution in [0.25, 0.3) is 0 Å². The van der Waals surface area contributed by atoms with Gasteiger partial charge in [-0.1, -0.05) is 11.6 Å². The molecule has 6 nitrogen and oxygen atoms in total. The predicted octanol–water partition coefficient (Wildman–Crippen LogP) is 3.53. The molecule has 1 amide bonds. The Morgan fingerprint density at radius 3 is 2.91 bits per heavy atom. The number of hydrogen-bond donors (Lipinski definition) is 2. The zero-order chi connectivity index (χ0) is 16.2. The zero-order valence-electron chi connectivity index (χ0n) is 12.4. The van der Waals surface area contributed by atoms with Crippen LogP contribution in [-0.2, 0) is 13.6 Å². The number of anilines is 2. The van der Waals surface area contributed by atoms with Crippen LogP contribution in [-0.4, -0.2) is 15.5 Å². The van der Waals surface area contributed by atoms with Gasteiger partial charge in [-0.3, -0.25) is 4.79 Å². The molecular formula is C16H15ClN4O2. The number of nitrogens with one attached hydrogen (secondary N) is 2. The van der Waals surface area contributed by atoms with E-state index >= 15 is 0 Å². The Morgan fingerprint density at radius 2 is 2.22 bits per heavy atom. The highest BCUT2D eigenvalue weighted by atomic mass is 35.5. The number of carbonyl (C=O) groups is 1. The van der Waals surface area contributed by atoms with Gasteiger partial charge >= 0.3 is 0 Å². The van der Waals surface area contributed by atoms with Gasteiger partial charge in [0.2, 0.25) is 0 Å². The van der Waals surface area contributed by atoms with Crippen LogP contribution in [0.1, 0.15) is 16.4 Å². The van der Waals surface area contributed by atoms with E-state index in [9.17, 15) is 4.79 Å². The molecular weight excluding hydrogens is 316 g/mol. The smallest absolute Gasteiger partial charge is 0.291 e. The Bertz CT molecular complexity index is 811. The van der Waals surface area contributed by atoms with Gasteiger partial charge in [0.25, 0.3) is 5.91 Å². The average Bonchev–Trinajstić information content (AvgIpc) is 3.18. The Balaban J connectivity index is 1.77. The van der Waals surface area contributed by atoms with Crippen molar-refractivity contribution in [2.75, 3.05) is 10.6 Å². The molecule has 0 aliphatic carbocycles. The summed E-state index contributed by atoms with van der Waals surface area (Å²) in [6.07, 6.45) is 5.06. The van der Waals surface area contributed by atoms with Crippen molar-refractivity contribution < 1.29 is 9.21 Å². The van der Waals surface area contributed by atoms with Crippen LogP contribution in [0.15, 0.2) is 53.4 Å². The predicted molar refractivity (Wildman–Crippen MR) is 88.6 cm³/mol. The molecule has 0 aliphatic heterocycles. The molecule has 118 valence electrons. The number of carbonyl (C=O) groups excluding carboxylic acids is 1. The SMILES string of the molecule is Cn1ccnc1CNc1ccc(Cl)cc1NC(=O)c1ccco1. The molecule has 0 saturated heterocycles. The number of benzene rings is 1. The topological polar surface area (TPSA) is 72.1 Å². The highest BCUT2D eigenvalue weighted by Crippen LogP contribution is 2.26. The summed E-state index contributed by atoms with van der Waals surface area (Å²) in [6.45, 7) is 0.523. The van der Waals surface area contributed by atoms with Crippen molar-refractivity contribution >= 4 is 28.9 Å². The van der Waals surface area contributed by atoms with Crippen LogP contribution in [0.5, 0.6) is 0 Å². The molecule has 7 heteroatoms. The first-order valence-corrected chi connectivity index (χ1v) is 7.36. The number of rotatable bonds is 5. The van der Waals surface area contributed by atoms with Crippen LogP contribution in [0.2, 0.25) is 5.02 Å². The maximum atomic E-state index is 12.1. The number of imidazole rings is 1. The maximum Gasteiger partial charge on any atom is 0.291 e. The van der Waals surface area contributed by atoms with Gasteiger partial charge in [0, 0.05) is 24.5 Å². The summed E-state index contributed by atoms with van der Waals surface area (Å²) < 4.78 is 7.01. The lowest BCUT2D eigenvalue weighted by Gasteiger charge is -2.13. The molecule has 2 aromatic heterocycles. The Labute approximate surface area is 138 Å². The van der Waals surface area contributed by atoms with Crippen LogP contribution in [0, 0.1) is 0 Å². The van der Waals surface area contributed by atoms with Crippen molar-refractivity contribution in [1.29, 1.82) is 0 Å². The molecule has 3 aromatic rings. The standard InChI is InChI=1S/C16H15ClN4O2/c1-21-7-6-18-15(21)10-19-12-5-4-11(17)9-13(12)20-16(22)14-3-2-8-23-14/h2-9,19H,10H2,1H3,(H,20,22). The van der Waals surface area contributed by atoms with E-state index in [4.69, 9.17) is 16.0 Å². The fourth-order valence-electron chi connectivity index (χ4n) is 2.11. The molecule has 0 atom stereocenters. The van der Waals surface area contributed by atoms with Gasteiger partial charge in [-0.15, -0.1) is 0 Å². The van der Waals surface area contributed by atoms with Gasteiger partial charge < -0.3 is 19.6 Å². The normalized spacial score (nSPS) is 10.5. The van der Waals surface area contributed by atoms with Crippen molar-refractivity contribution in [1.82, 2.24) is 9.55 Å². The molecule has 0 aliphatic rings. The minimum absolute atomic E-state index is 0.236. The minimum Gasteiger partial charge on any atom is -0.459 e. The van der Waals surface area contributed by atoms with Gasteiger partial charge in [0.15, 0.2) is 5.76 Å². The molecule has 0 bridgehead atoms. The van der Waals surface area contributed by atoms with Crippen molar-refractivity contribution in [2.45, 2.75) is 6.54 Å². The molecule has 2 N–H and O–H groups in total. The van der Waals surface area contributed by atoms with E-state index in [1.54, 1.807) is 30.5 Å². The first-order chi connectivity index (χ1) is 11.1. The van der Waals surface area contributed by atoms with Crippen LogP contribution < -0.4 is 10.6 Å². The van der Waals surface area contributed by atoms with E-state index in [0.29, 0.717) is 17.3 Å². The Kier molecular flexibility index (Phi) is 4.34. The monoisotopic (exact) mass is 330 g/mol. The Hall–Kier alpha value is -2.73. The maximum absolute atomic E-state index is 12.1. The van der Waals surface area contributed by atoms with E-state index in [1.165, 1.54) is 6.26 Å². The largest absolute Gasteiger partial charge is 0.459 e. The van der Waals surface area contributed by atoms with E-state index in [-0.39, 0.29) is 11.7 Å². The summed E-state index contributed by atoms with van der Waals surface area (Å²) in [5, 5.41) is 6.57. The summed E-state index contributed by atoms with van der Waals surface area (Å²) in [5.41, 5.74) is 1.32. The highest BCUT2D eigenvalue weighted by Gasteiger charge is 2.12. The van der Waals surface area contributed by atoms with Crippen LogP contribution in [0.3, 0.4) is 0 Å². The molecule has 0 fully saturated rings. The van der Waals surface area contributed by atoms with Gasteiger partial charge in [0.05, 0.1) is 24.2 Å². The summed E-state index contributed by atoms with van der Waals surface area (Å²) in [4.78, 5) is 16.4. The highest BCUT2D eigenvalue weighted by molar-refractivity contribution is 6.31. The lowest BCUT2D eigenvalue weighted by molar-refractivity contribution is 0.0996. The number of aromatic nitrogens is 2. The first kappa shape index (κ1) is 15.2. The summed E-state index contributed by atoms with van der Waals surface area (Å²) in [6, 6.07) is 8.50. The third kappa shape index (κ3) is 3.54. The first-order valence-electron chi connectivity index (χ1n) is 6.98. The molecule has 23 heavy (non-hydrogen) atoms. The molecule has 0 unspecified atom stereocenters. The van der Waals surface area contributed by atoms with Crippen LogP contribution in [0.4, 0.5) is 11.4 Å². The molecule has 0 saturated carbocycles. The summed E-state index contributed by atoms with van der Waals surface area (Å²) in [7, 11) is 1.92. The number of hydrogen-bond acceptors (Lipinski definition) is 4. The summed E-state index contributed by atoms with van der Waals surface area (Å²) in [5.74, 6) is 0.778. The fourth-order valence-corrected chi connectivity index (χ4v) is 2.28. The second kappa shape index (κ2) is 6.58. The molecule has 1 aromatic carbocycles. The van der Waals surface area contributed by atoms with Crippen molar-refractivity contribution in [3.05, 3.63) is 65.6 Å². The number of amides is 1. The van der Waals surface area contributed by atoms with Gasteiger partial charge in [-0.25, -0.2) is 4.98 Å². The van der Waals surface area contributed by atoms with E-state index in [1.807, 2.05) is 23.9 Å². The lowest BCUT2D eigenvalue weighted by atomic mass is 10.2. The fraction of sp³-hybridized carbons (Fsp3) is 0.125. The van der Waals surface area contributed by atoms with Gasteiger partial charge in [-0.2, -0.15) is 0 Å².